The monoisotopic (exact) mass is 625 g/mol. The summed E-state index contributed by atoms with van der Waals surface area (Å²) in [4.78, 5) is 58.5. The number of hydrogen-bond donors (Lipinski definition) is 2. The van der Waals surface area contributed by atoms with Crippen molar-refractivity contribution in [3.05, 3.63) is 61.2 Å². The van der Waals surface area contributed by atoms with E-state index in [1.54, 1.807) is 36.1 Å². The molecule has 3 aliphatic heterocycles. The molecule has 0 aliphatic carbocycles. The van der Waals surface area contributed by atoms with E-state index in [1.807, 2.05) is 32.0 Å². The van der Waals surface area contributed by atoms with Crippen molar-refractivity contribution < 1.29 is 38.5 Å². The molecular formula is C34H47N3O8. The highest BCUT2D eigenvalue weighted by molar-refractivity contribution is 5.98. The van der Waals surface area contributed by atoms with Gasteiger partial charge in [-0.15, -0.1) is 13.2 Å². The fourth-order valence-corrected chi connectivity index (χ4v) is 7.18. The zero-order valence-corrected chi connectivity index (χ0v) is 26.7. The van der Waals surface area contributed by atoms with Gasteiger partial charge in [-0.1, -0.05) is 42.5 Å². The molecule has 3 aliphatic rings. The molecule has 1 spiro atoms. The molecule has 0 aromatic heterocycles. The van der Waals surface area contributed by atoms with E-state index in [9.17, 15) is 24.3 Å². The Kier molecular flexibility index (Phi) is 11.2. The Labute approximate surface area is 265 Å². The Bertz CT molecular complexity index is 1260. The van der Waals surface area contributed by atoms with Crippen molar-refractivity contribution in [3.8, 4) is 0 Å². The Balaban J connectivity index is 1.70. The van der Waals surface area contributed by atoms with Gasteiger partial charge in [-0.25, -0.2) is 0 Å². The molecule has 8 atom stereocenters. The molecule has 246 valence electrons. The lowest BCUT2D eigenvalue weighted by molar-refractivity contribution is -0.163. The fraction of sp³-hybridized carbons (Fsp3) is 0.588. The van der Waals surface area contributed by atoms with Crippen LogP contribution in [0.15, 0.2) is 55.6 Å². The Hall–Kier alpha value is -3.54. The Morgan fingerprint density at radius 2 is 1.91 bits per heavy atom. The lowest BCUT2D eigenvalue weighted by Crippen LogP contribution is -2.59. The number of carbonyl (C=O) groups excluding carboxylic acids is 4. The number of aliphatic hydroxyl groups is 1. The summed E-state index contributed by atoms with van der Waals surface area (Å²) in [5.41, 5.74) is -0.595. The number of methoxy groups -OCH3 is 1. The number of nitrogens with zero attached hydrogens (tertiary/aromatic N) is 2. The van der Waals surface area contributed by atoms with Crippen molar-refractivity contribution in [3.63, 3.8) is 0 Å². The average molecular weight is 626 g/mol. The van der Waals surface area contributed by atoms with Gasteiger partial charge in [-0.3, -0.25) is 19.2 Å². The maximum absolute atomic E-state index is 14.2. The van der Waals surface area contributed by atoms with Crippen LogP contribution >= 0.6 is 0 Å². The number of rotatable bonds is 16. The quantitative estimate of drug-likeness (QED) is 0.212. The Morgan fingerprint density at radius 1 is 1.20 bits per heavy atom. The number of benzene rings is 1. The van der Waals surface area contributed by atoms with Crippen molar-refractivity contribution >= 4 is 23.7 Å². The molecule has 0 radical (unpaired) electrons. The number of ether oxygens (including phenoxy) is 3. The molecule has 3 heterocycles. The summed E-state index contributed by atoms with van der Waals surface area (Å²) in [6, 6.07) is 6.46. The third-order valence-corrected chi connectivity index (χ3v) is 9.22. The highest BCUT2D eigenvalue weighted by Crippen LogP contribution is 2.59. The molecule has 0 unspecified atom stereocenters. The highest BCUT2D eigenvalue weighted by Gasteiger charge is 2.75. The Morgan fingerprint density at radius 3 is 2.51 bits per heavy atom. The highest BCUT2D eigenvalue weighted by atomic mass is 16.6. The summed E-state index contributed by atoms with van der Waals surface area (Å²) < 4.78 is 18.2. The van der Waals surface area contributed by atoms with Gasteiger partial charge in [0.2, 0.25) is 17.7 Å². The summed E-state index contributed by atoms with van der Waals surface area (Å²) in [5, 5.41) is 13.1. The molecule has 3 fully saturated rings. The lowest BCUT2D eigenvalue weighted by Gasteiger charge is -2.39. The largest absolute Gasteiger partial charge is 0.455 e. The van der Waals surface area contributed by atoms with Crippen LogP contribution in [-0.4, -0.2) is 101 Å². The van der Waals surface area contributed by atoms with E-state index >= 15 is 0 Å². The number of nitrogens with one attached hydrogen (secondary N) is 1. The first kappa shape index (κ1) is 34.3. The first-order valence-corrected chi connectivity index (χ1v) is 15.7. The van der Waals surface area contributed by atoms with Crippen LogP contribution < -0.4 is 5.32 Å². The lowest BCUT2D eigenvalue weighted by atomic mass is 9.70. The summed E-state index contributed by atoms with van der Waals surface area (Å²) in [6.07, 6.45) is 3.31. The predicted octanol–water partition coefficient (Wildman–Crippen LogP) is 2.55. The summed E-state index contributed by atoms with van der Waals surface area (Å²) in [5.74, 6) is -3.55. The molecule has 4 rings (SSSR count). The van der Waals surface area contributed by atoms with Crippen molar-refractivity contribution in [1.29, 1.82) is 0 Å². The maximum Gasteiger partial charge on any atom is 0.313 e. The second-order valence-electron chi connectivity index (χ2n) is 12.4. The summed E-state index contributed by atoms with van der Waals surface area (Å²) >= 11 is 0. The van der Waals surface area contributed by atoms with E-state index in [1.165, 1.54) is 12.0 Å². The number of allylic oxidation sites excluding steroid dienone is 1. The molecule has 3 amide bonds. The van der Waals surface area contributed by atoms with Crippen molar-refractivity contribution in [1.82, 2.24) is 15.1 Å². The van der Waals surface area contributed by atoms with Crippen LogP contribution in [0.2, 0.25) is 0 Å². The van der Waals surface area contributed by atoms with E-state index in [-0.39, 0.29) is 44.0 Å². The smallest absolute Gasteiger partial charge is 0.313 e. The fourth-order valence-electron chi connectivity index (χ4n) is 7.18. The standard InChI is InChI=1S/C34H47N3O8/c1-7-9-15-26(39)35-24(20-43-6)29(23-13-11-10-12-14-23)44-33(42)27-25-16-17-34(45-25)28(27)31(40)37(22(5)19-38)30(34)32(41)36(18-8-2)21(3)4/h7-8,10-14,21-22,24-25,27-30,38H,1-2,9,15-20H2,3-6H3,(H,35,39)/t22-,24+,25-,27+,28+,29+,30-,34+/m1/s1. The van der Waals surface area contributed by atoms with Gasteiger partial charge in [0.15, 0.2) is 0 Å². The van der Waals surface area contributed by atoms with Gasteiger partial charge in [-0.05, 0) is 45.6 Å². The van der Waals surface area contributed by atoms with Gasteiger partial charge in [0.25, 0.3) is 0 Å². The van der Waals surface area contributed by atoms with Crippen LogP contribution in [0.3, 0.4) is 0 Å². The van der Waals surface area contributed by atoms with Crippen LogP contribution in [-0.2, 0) is 33.4 Å². The van der Waals surface area contributed by atoms with Crippen molar-refractivity contribution in [2.75, 3.05) is 26.9 Å². The molecule has 3 saturated heterocycles. The van der Waals surface area contributed by atoms with Gasteiger partial charge in [0.05, 0.1) is 43.2 Å². The second kappa shape index (κ2) is 14.7. The first-order chi connectivity index (χ1) is 21.6. The number of aliphatic hydroxyl groups excluding tert-OH is 1. The van der Waals surface area contributed by atoms with E-state index < -0.39 is 59.6 Å². The third-order valence-electron chi connectivity index (χ3n) is 9.22. The number of likely N-dealkylation sites (tertiary alicyclic amines) is 1. The summed E-state index contributed by atoms with van der Waals surface area (Å²) in [7, 11) is 1.50. The van der Waals surface area contributed by atoms with Gasteiger partial charge in [0.1, 0.15) is 17.7 Å². The molecule has 11 heteroatoms. The zero-order chi connectivity index (χ0) is 32.9. The van der Waals surface area contributed by atoms with Crippen LogP contribution in [0.1, 0.15) is 58.1 Å². The normalized spacial score (nSPS) is 27.1. The van der Waals surface area contributed by atoms with Gasteiger partial charge >= 0.3 is 5.97 Å². The number of carbonyl (C=O) groups is 4. The molecule has 2 N–H and O–H groups in total. The maximum atomic E-state index is 14.2. The molecule has 1 aromatic rings. The number of fused-ring (bicyclic) bond motifs is 1. The SMILES string of the molecule is C=CCCC(=O)N[C@@H](COC)[C@@H](OC(=O)[C@@H]1[C@H]2C(=O)N([C@H](C)CO)[C@H](C(=O)N(CC=C)C(C)C)[C@]23CC[C@H]1O3)c1ccccc1. The third kappa shape index (κ3) is 6.57. The minimum Gasteiger partial charge on any atom is -0.455 e. The van der Waals surface area contributed by atoms with Gasteiger partial charge in [-0.2, -0.15) is 0 Å². The predicted molar refractivity (Wildman–Crippen MR) is 167 cm³/mol. The molecular weight excluding hydrogens is 578 g/mol. The van der Waals surface area contributed by atoms with E-state index in [0.717, 1.165) is 0 Å². The summed E-state index contributed by atoms with van der Waals surface area (Å²) in [6.45, 7) is 12.9. The van der Waals surface area contributed by atoms with Crippen LogP contribution in [0, 0.1) is 11.8 Å². The second-order valence-corrected chi connectivity index (χ2v) is 12.4. The molecule has 45 heavy (non-hydrogen) atoms. The molecule has 0 saturated carbocycles. The van der Waals surface area contributed by atoms with Crippen molar-refractivity contribution in [2.45, 2.75) is 88.4 Å². The van der Waals surface area contributed by atoms with Crippen molar-refractivity contribution in [2.24, 2.45) is 11.8 Å². The number of amides is 3. The molecule has 1 aromatic carbocycles. The van der Waals surface area contributed by atoms with Crippen LogP contribution in [0.25, 0.3) is 0 Å². The van der Waals surface area contributed by atoms with Crippen LogP contribution in [0.5, 0.6) is 0 Å². The molecule has 11 nitrogen and oxygen atoms in total. The minimum atomic E-state index is -1.24. The van der Waals surface area contributed by atoms with E-state index in [4.69, 9.17) is 14.2 Å². The number of esters is 1. The minimum absolute atomic E-state index is 0.0657. The number of hydrogen-bond acceptors (Lipinski definition) is 8. The van der Waals surface area contributed by atoms with Gasteiger partial charge in [0, 0.05) is 26.1 Å². The van der Waals surface area contributed by atoms with E-state index in [2.05, 4.69) is 18.5 Å². The topological polar surface area (TPSA) is 135 Å². The average Bonchev–Trinajstić information content (AvgIpc) is 3.68. The zero-order valence-electron chi connectivity index (χ0n) is 26.7. The van der Waals surface area contributed by atoms with Gasteiger partial charge < -0.3 is 34.4 Å². The van der Waals surface area contributed by atoms with E-state index in [0.29, 0.717) is 24.8 Å². The first-order valence-electron chi connectivity index (χ1n) is 15.7. The molecule has 2 bridgehead atoms. The van der Waals surface area contributed by atoms with Crippen LogP contribution in [0.4, 0.5) is 0 Å².